The van der Waals surface area contributed by atoms with Crippen LogP contribution >= 0.6 is 0 Å². The van der Waals surface area contributed by atoms with Gasteiger partial charge >= 0.3 is 11.8 Å². The van der Waals surface area contributed by atoms with Crippen LogP contribution in [0, 0.1) is 11.6 Å². The molecule has 0 saturated carbocycles. The van der Waals surface area contributed by atoms with E-state index in [9.17, 15) is 23.2 Å². The number of hydrogen-bond donors (Lipinski definition) is 1. The molecule has 1 aliphatic rings. The first-order chi connectivity index (χ1) is 14.9. The smallest absolute Gasteiger partial charge is 0.312 e. The Morgan fingerprint density at radius 3 is 2.28 bits per heavy atom. The highest BCUT2D eigenvalue weighted by Crippen LogP contribution is 2.34. The van der Waals surface area contributed by atoms with E-state index in [1.807, 2.05) is 0 Å². The summed E-state index contributed by atoms with van der Waals surface area (Å²) < 4.78 is 34.5. The lowest BCUT2D eigenvalue weighted by Crippen LogP contribution is -2.48. The van der Waals surface area contributed by atoms with Gasteiger partial charge in [0.25, 0.3) is 0 Å². The van der Waals surface area contributed by atoms with Crippen LogP contribution in [0.2, 0.25) is 0 Å². The van der Waals surface area contributed by atoms with Crippen LogP contribution in [0.25, 0.3) is 0 Å². The molecule has 0 aliphatic carbocycles. The van der Waals surface area contributed by atoms with Crippen molar-refractivity contribution < 1.29 is 27.9 Å². The first-order valence-corrected chi connectivity index (χ1v) is 10.2. The number of benzene rings is 2. The average molecular weight is 444 g/mol. The van der Waals surface area contributed by atoms with Gasteiger partial charge in [-0.25, -0.2) is 8.78 Å². The van der Waals surface area contributed by atoms with E-state index in [0.29, 0.717) is 17.7 Å². The van der Waals surface area contributed by atoms with Crippen molar-refractivity contribution in [3.63, 3.8) is 0 Å². The number of methoxy groups -OCH3 is 1. The lowest BCUT2D eigenvalue weighted by atomic mass is 9.84. The summed E-state index contributed by atoms with van der Waals surface area (Å²) >= 11 is 0. The van der Waals surface area contributed by atoms with Crippen LogP contribution in [0.3, 0.4) is 0 Å². The third-order valence-electron chi connectivity index (χ3n) is 5.59. The number of fused-ring (bicyclic) bond motifs is 1. The minimum Gasteiger partial charge on any atom is -0.497 e. The molecule has 1 atom stereocenters. The third kappa shape index (κ3) is 4.49. The second-order valence-electron chi connectivity index (χ2n) is 8.91. The Kier molecular flexibility index (Phi) is 6.34. The zero-order valence-corrected chi connectivity index (χ0v) is 18.5. The molecule has 32 heavy (non-hydrogen) atoms. The summed E-state index contributed by atoms with van der Waals surface area (Å²) in [6.45, 7) is 5.18. The third-order valence-corrected chi connectivity index (χ3v) is 5.59. The number of Topliss-reactive ketones (excluding diaryl/α,β-unsaturated/α-hetero) is 1. The maximum Gasteiger partial charge on any atom is 0.312 e. The van der Waals surface area contributed by atoms with Gasteiger partial charge in [-0.1, -0.05) is 26.8 Å². The fourth-order valence-corrected chi connectivity index (χ4v) is 4.18. The molecule has 1 heterocycles. The van der Waals surface area contributed by atoms with Gasteiger partial charge in [0.1, 0.15) is 23.4 Å². The Bertz CT molecular complexity index is 1070. The summed E-state index contributed by atoms with van der Waals surface area (Å²) in [6, 6.07) is 6.24. The minimum absolute atomic E-state index is 0.0608. The van der Waals surface area contributed by atoms with Gasteiger partial charge in [-0.05, 0) is 52.8 Å². The summed E-state index contributed by atoms with van der Waals surface area (Å²) in [7, 11) is 1.51. The molecule has 3 rings (SSSR count). The van der Waals surface area contributed by atoms with E-state index in [4.69, 9.17) is 10.5 Å². The topological polar surface area (TPSA) is 89.7 Å². The van der Waals surface area contributed by atoms with Crippen LogP contribution in [-0.4, -0.2) is 36.2 Å². The molecule has 6 nitrogen and oxygen atoms in total. The summed E-state index contributed by atoms with van der Waals surface area (Å²) in [5.41, 5.74) is 5.84. The lowest BCUT2D eigenvalue weighted by molar-refractivity contribution is -0.148. The highest BCUT2D eigenvalue weighted by molar-refractivity contribution is 6.34. The van der Waals surface area contributed by atoms with Crippen molar-refractivity contribution in [2.24, 2.45) is 5.73 Å². The Labute approximate surface area is 185 Å². The van der Waals surface area contributed by atoms with Gasteiger partial charge in [-0.3, -0.25) is 14.4 Å². The number of hydrogen-bond acceptors (Lipinski definition) is 4. The van der Waals surface area contributed by atoms with Crippen molar-refractivity contribution in [2.45, 2.75) is 45.1 Å². The first kappa shape index (κ1) is 23.4. The molecule has 0 bridgehead atoms. The van der Waals surface area contributed by atoms with E-state index >= 15 is 0 Å². The number of carbonyl (C=O) groups excluding carboxylic acids is 3. The minimum atomic E-state index is -1.17. The lowest BCUT2D eigenvalue weighted by Gasteiger charge is -2.36. The van der Waals surface area contributed by atoms with Crippen LogP contribution < -0.4 is 10.5 Å². The number of halogens is 2. The summed E-state index contributed by atoms with van der Waals surface area (Å²) in [6.07, 6.45) is 0.0792. The van der Waals surface area contributed by atoms with E-state index in [1.54, 1.807) is 39.0 Å². The largest absolute Gasteiger partial charge is 0.497 e. The number of amides is 2. The highest BCUT2D eigenvalue weighted by Gasteiger charge is 2.37. The number of nitrogens with zero attached hydrogens (tertiary/aromatic N) is 1. The van der Waals surface area contributed by atoms with Crippen molar-refractivity contribution >= 4 is 17.6 Å². The molecule has 2 N–H and O–H groups in total. The zero-order valence-electron chi connectivity index (χ0n) is 18.5. The second kappa shape index (κ2) is 8.68. The van der Waals surface area contributed by atoms with E-state index in [2.05, 4.69) is 0 Å². The average Bonchev–Trinajstić information content (AvgIpc) is 2.70. The molecule has 2 aromatic carbocycles. The Morgan fingerprint density at radius 1 is 1.12 bits per heavy atom. The molecular formula is C24H26F2N2O4. The second-order valence-corrected chi connectivity index (χ2v) is 8.91. The predicted octanol–water partition coefficient (Wildman–Crippen LogP) is 2.99. The molecular weight excluding hydrogens is 418 g/mol. The fourth-order valence-electron chi connectivity index (χ4n) is 4.18. The maximum absolute atomic E-state index is 14.6. The Hall–Kier alpha value is -3.29. The summed E-state index contributed by atoms with van der Waals surface area (Å²) in [5.74, 6) is -3.52. The van der Waals surface area contributed by atoms with Crippen molar-refractivity contribution in [3.05, 3.63) is 64.2 Å². The Balaban J connectivity index is 2.00. The van der Waals surface area contributed by atoms with E-state index in [1.165, 1.54) is 7.11 Å². The number of nitrogens with two attached hydrogens (primary N) is 1. The van der Waals surface area contributed by atoms with E-state index in [0.717, 1.165) is 22.6 Å². The zero-order chi connectivity index (χ0) is 23.8. The van der Waals surface area contributed by atoms with Crippen LogP contribution in [0.1, 0.15) is 49.1 Å². The van der Waals surface area contributed by atoms with Gasteiger partial charge in [0.15, 0.2) is 5.78 Å². The molecule has 2 aromatic rings. The number of ketones is 1. The van der Waals surface area contributed by atoms with Gasteiger partial charge in [0.05, 0.1) is 7.11 Å². The van der Waals surface area contributed by atoms with Gasteiger partial charge < -0.3 is 15.4 Å². The monoisotopic (exact) mass is 444 g/mol. The normalized spacial score (nSPS) is 15.8. The van der Waals surface area contributed by atoms with Crippen LogP contribution in [0.4, 0.5) is 8.78 Å². The van der Waals surface area contributed by atoms with Gasteiger partial charge in [-0.2, -0.15) is 0 Å². The molecule has 8 heteroatoms. The number of ether oxygens (including phenoxy) is 1. The van der Waals surface area contributed by atoms with Crippen LogP contribution in [0.15, 0.2) is 30.3 Å². The Morgan fingerprint density at radius 2 is 1.75 bits per heavy atom. The fraction of sp³-hybridized carbons (Fsp3) is 0.375. The van der Waals surface area contributed by atoms with Crippen LogP contribution in [0.5, 0.6) is 5.75 Å². The van der Waals surface area contributed by atoms with Crippen molar-refractivity contribution in [1.82, 2.24) is 4.90 Å². The van der Waals surface area contributed by atoms with Crippen molar-refractivity contribution in [1.29, 1.82) is 0 Å². The summed E-state index contributed by atoms with van der Waals surface area (Å²) in [5, 5.41) is 0. The van der Waals surface area contributed by atoms with Crippen LogP contribution in [-0.2, 0) is 32.6 Å². The van der Waals surface area contributed by atoms with Crippen molar-refractivity contribution in [2.75, 3.05) is 13.7 Å². The number of carbonyl (C=O) groups is 3. The van der Waals surface area contributed by atoms with E-state index < -0.39 is 40.7 Å². The highest BCUT2D eigenvalue weighted by atomic mass is 19.1. The SMILES string of the molecule is COc1ccc2c(c1)CCN(C(=O)C(N)=O)[C@H]2C(=O)Cc1cc(F)c(C(C)(C)C)c(F)c1. The quantitative estimate of drug-likeness (QED) is 0.735. The first-order valence-electron chi connectivity index (χ1n) is 10.2. The summed E-state index contributed by atoms with van der Waals surface area (Å²) in [4.78, 5) is 38.4. The molecule has 170 valence electrons. The van der Waals surface area contributed by atoms with E-state index in [-0.39, 0.29) is 24.1 Å². The molecule has 0 spiro atoms. The van der Waals surface area contributed by atoms with Gasteiger partial charge in [0.2, 0.25) is 0 Å². The number of primary amides is 1. The molecule has 2 amide bonds. The molecule has 1 aliphatic heterocycles. The standard InChI is InChI=1S/C24H26F2N2O4/c1-24(2,3)20-17(25)9-13(10-18(20)26)11-19(29)21-16-6-5-15(32-4)12-14(16)7-8-28(21)23(31)22(27)30/h5-6,9-10,12,21H,7-8,11H2,1-4H3,(H2,27,30)/t21-/m1/s1. The maximum atomic E-state index is 14.6. The van der Waals surface area contributed by atoms with Gasteiger partial charge in [-0.15, -0.1) is 0 Å². The van der Waals surface area contributed by atoms with Crippen molar-refractivity contribution in [3.8, 4) is 5.75 Å². The molecule has 0 saturated heterocycles. The molecule has 0 aromatic heterocycles. The number of rotatable bonds is 4. The molecule has 0 radical (unpaired) electrons. The molecule has 0 fully saturated rings. The predicted molar refractivity (Wildman–Crippen MR) is 114 cm³/mol. The van der Waals surface area contributed by atoms with Gasteiger partial charge in [0, 0.05) is 18.5 Å². The molecule has 0 unspecified atom stereocenters.